The fourth-order valence-corrected chi connectivity index (χ4v) is 2.64. The largest absolute Gasteiger partial charge is 0.292 e. The summed E-state index contributed by atoms with van der Waals surface area (Å²) in [5, 5.41) is 1.94. The Kier molecular flexibility index (Phi) is 3.16. The SMILES string of the molecule is Cc1ccc(C(C)(C)C(=O)c2cccs2)cc1. The number of thiophene rings is 1. The first-order valence-corrected chi connectivity index (χ1v) is 6.55. The zero-order chi connectivity index (χ0) is 12.5. The Hall–Kier alpha value is -1.41. The minimum Gasteiger partial charge on any atom is -0.292 e. The van der Waals surface area contributed by atoms with Crippen LogP contribution in [0.15, 0.2) is 41.8 Å². The van der Waals surface area contributed by atoms with Gasteiger partial charge in [0, 0.05) is 0 Å². The molecule has 2 heteroatoms. The van der Waals surface area contributed by atoms with Crippen LogP contribution in [0.25, 0.3) is 0 Å². The van der Waals surface area contributed by atoms with Gasteiger partial charge in [-0.1, -0.05) is 35.9 Å². The second-order valence-electron chi connectivity index (χ2n) is 4.80. The molecule has 0 bridgehead atoms. The normalized spacial score (nSPS) is 11.5. The zero-order valence-electron chi connectivity index (χ0n) is 10.4. The van der Waals surface area contributed by atoms with E-state index in [4.69, 9.17) is 0 Å². The molecule has 0 unspecified atom stereocenters. The number of ketones is 1. The van der Waals surface area contributed by atoms with Gasteiger partial charge in [-0.25, -0.2) is 0 Å². The van der Waals surface area contributed by atoms with E-state index in [1.54, 1.807) is 0 Å². The summed E-state index contributed by atoms with van der Waals surface area (Å²) < 4.78 is 0. The number of Topliss-reactive ketones (excluding diaryl/α,β-unsaturated/α-hetero) is 1. The Morgan fingerprint density at radius 1 is 1.12 bits per heavy atom. The molecule has 0 saturated carbocycles. The molecule has 0 aliphatic heterocycles. The van der Waals surface area contributed by atoms with Crippen molar-refractivity contribution in [2.45, 2.75) is 26.2 Å². The predicted molar refractivity (Wildman–Crippen MR) is 72.9 cm³/mol. The molecule has 0 aliphatic rings. The van der Waals surface area contributed by atoms with E-state index < -0.39 is 5.41 Å². The molecule has 1 heterocycles. The number of benzene rings is 1. The van der Waals surface area contributed by atoms with E-state index in [1.165, 1.54) is 16.9 Å². The monoisotopic (exact) mass is 244 g/mol. The summed E-state index contributed by atoms with van der Waals surface area (Å²) in [6.45, 7) is 6.03. The van der Waals surface area contributed by atoms with E-state index in [0.29, 0.717) is 0 Å². The number of hydrogen-bond acceptors (Lipinski definition) is 2. The molecule has 0 atom stereocenters. The minimum atomic E-state index is -0.460. The fourth-order valence-electron chi connectivity index (χ4n) is 1.82. The Balaban J connectivity index is 2.36. The lowest BCUT2D eigenvalue weighted by atomic mass is 9.80. The molecule has 0 saturated heterocycles. The van der Waals surface area contributed by atoms with E-state index >= 15 is 0 Å². The molecule has 0 amide bonds. The van der Waals surface area contributed by atoms with E-state index in [1.807, 2.05) is 43.5 Å². The summed E-state index contributed by atoms with van der Waals surface area (Å²) in [6, 6.07) is 12.0. The highest BCUT2D eigenvalue weighted by atomic mass is 32.1. The smallest absolute Gasteiger partial charge is 0.182 e. The van der Waals surface area contributed by atoms with Crippen molar-refractivity contribution < 1.29 is 4.79 Å². The predicted octanol–water partition coefficient (Wildman–Crippen LogP) is 4.22. The quantitative estimate of drug-likeness (QED) is 0.739. The number of rotatable bonds is 3. The van der Waals surface area contributed by atoms with Gasteiger partial charge in [0.25, 0.3) is 0 Å². The van der Waals surface area contributed by atoms with Gasteiger partial charge in [0.15, 0.2) is 5.78 Å². The van der Waals surface area contributed by atoms with Crippen molar-refractivity contribution in [2.24, 2.45) is 0 Å². The average molecular weight is 244 g/mol. The van der Waals surface area contributed by atoms with Crippen molar-refractivity contribution in [2.75, 3.05) is 0 Å². The molecule has 1 nitrogen and oxygen atoms in total. The third-order valence-corrected chi connectivity index (χ3v) is 3.95. The van der Waals surface area contributed by atoms with Gasteiger partial charge < -0.3 is 0 Å². The first-order valence-electron chi connectivity index (χ1n) is 5.67. The summed E-state index contributed by atoms with van der Waals surface area (Å²) in [5.41, 5.74) is 1.83. The second kappa shape index (κ2) is 4.46. The Morgan fingerprint density at radius 2 is 1.76 bits per heavy atom. The molecule has 2 aromatic rings. The summed E-state index contributed by atoms with van der Waals surface area (Å²) in [5.74, 6) is 0.191. The average Bonchev–Trinajstić information content (AvgIpc) is 2.82. The van der Waals surface area contributed by atoms with Crippen LogP contribution >= 0.6 is 11.3 Å². The third-order valence-electron chi connectivity index (χ3n) is 3.09. The number of hydrogen-bond donors (Lipinski definition) is 0. The maximum Gasteiger partial charge on any atom is 0.182 e. The maximum absolute atomic E-state index is 12.4. The number of aryl methyl sites for hydroxylation is 1. The molecular formula is C15H16OS. The van der Waals surface area contributed by atoms with Crippen molar-refractivity contribution in [1.29, 1.82) is 0 Å². The number of carbonyl (C=O) groups is 1. The molecule has 1 aromatic carbocycles. The van der Waals surface area contributed by atoms with Crippen LogP contribution in [0.2, 0.25) is 0 Å². The van der Waals surface area contributed by atoms with Crippen LogP contribution in [0.5, 0.6) is 0 Å². The van der Waals surface area contributed by atoms with Crippen LogP contribution < -0.4 is 0 Å². The Bertz CT molecular complexity index is 506. The highest BCUT2D eigenvalue weighted by Crippen LogP contribution is 2.29. The molecular weight excluding hydrogens is 228 g/mol. The van der Waals surface area contributed by atoms with Gasteiger partial charge >= 0.3 is 0 Å². The van der Waals surface area contributed by atoms with Crippen LogP contribution in [0.3, 0.4) is 0 Å². The van der Waals surface area contributed by atoms with E-state index in [0.717, 1.165) is 10.4 Å². The van der Waals surface area contributed by atoms with Crippen LogP contribution in [0.4, 0.5) is 0 Å². The topological polar surface area (TPSA) is 17.1 Å². The van der Waals surface area contributed by atoms with E-state index in [9.17, 15) is 4.79 Å². The first-order chi connectivity index (χ1) is 8.01. The molecule has 0 radical (unpaired) electrons. The fraction of sp³-hybridized carbons (Fsp3) is 0.267. The maximum atomic E-state index is 12.4. The van der Waals surface area contributed by atoms with Crippen LogP contribution in [-0.2, 0) is 5.41 Å². The van der Waals surface area contributed by atoms with Crippen molar-refractivity contribution in [1.82, 2.24) is 0 Å². The summed E-state index contributed by atoms with van der Waals surface area (Å²) in [4.78, 5) is 13.3. The molecule has 0 spiro atoms. The molecule has 2 rings (SSSR count). The zero-order valence-corrected chi connectivity index (χ0v) is 11.2. The van der Waals surface area contributed by atoms with Gasteiger partial charge in [0.1, 0.15) is 0 Å². The molecule has 0 aliphatic carbocycles. The van der Waals surface area contributed by atoms with Gasteiger partial charge in [0.2, 0.25) is 0 Å². The summed E-state index contributed by atoms with van der Waals surface area (Å²) in [6.07, 6.45) is 0. The van der Waals surface area contributed by atoms with Gasteiger partial charge in [-0.05, 0) is 37.8 Å². The Morgan fingerprint density at radius 3 is 2.29 bits per heavy atom. The van der Waals surface area contributed by atoms with Gasteiger partial charge in [0.05, 0.1) is 10.3 Å². The minimum absolute atomic E-state index is 0.191. The second-order valence-corrected chi connectivity index (χ2v) is 5.75. The van der Waals surface area contributed by atoms with E-state index in [-0.39, 0.29) is 5.78 Å². The van der Waals surface area contributed by atoms with Crippen molar-refractivity contribution in [3.05, 3.63) is 57.8 Å². The highest BCUT2D eigenvalue weighted by Gasteiger charge is 2.30. The molecule has 0 fully saturated rings. The summed E-state index contributed by atoms with van der Waals surface area (Å²) >= 11 is 1.51. The van der Waals surface area contributed by atoms with Crippen LogP contribution in [-0.4, -0.2) is 5.78 Å². The standard InChI is InChI=1S/C15H16OS/c1-11-6-8-12(9-7-11)15(2,3)14(16)13-5-4-10-17-13/h4-10H,1-3H3. The molecule has 17 heavy (non-hydrogen) atoms. The van der Waals surface area contributed by atoms with Gasteiger partial charge in [-0.2, -0.15) is 0 Å². The molecule has 1 aromatic heterocycles. The Labute approximate surface area is 106 Å². The highest BCUT2D eigenvalue weighted by molar-refractivity contribution is 7.12. The lowest BCUT2D eigenvalue weighted by molar-refractivity contribution is 0.0913. The van der Waals surface area contributed by atoms with Crippen LogP contribution in [0.1, 0.15) is 34.6 Å². The van der Waals surface area contributed by atoms with Gasteiger partial charge in [-0.3, -0.25) is 4.79 Å². The third kappa shape index (κ3) is 2.32. The molecule has 0 N–H and O–H groups in total. The lowest BCUT2D eigenvalue weighted by Crippen LogP contribution is -2.28. The summed E-state index contributed by atoms with van der Waals surface area (Å²) in [7, 11) is 0. The number of carbonyl (C=O) groups excluding carboxylic acids is 1. The van der Waals surface area contributed by atoms with Crippen molar-refractivity contribution in [3.63, 3.8) is 0 Å². The van der Waals surface area contributed by atoms with Crippen molar-refractivity contribution in [3.8, 4) is 0 Å². The molecule has 88 valence electrons. The van der Waals surface area contributed by atoms with E-state index in [2.05, 4.69) is 19.1 Å². The van der Waals surface area contributed by atoms with Gasteiger partial charge in [-0.15, -0.1) is 11.3 Å². The van der Waals surface area contributed by atoms with Crippen molar-refractivity contribution >= 4 is 17.1 Å². The lowest BCUT2D eigenvalue weighted by Gasteiger charge is -2.23. The first kappa shape index (κ1) is 12.1. The van der Waals surface area contributed by atoms with Crippen LogP contribution in [0, 0.1) is 6.92 Å².